The van der Waals surface area contributed by atoms with E-state index < -0.39 is 12.7 Å². The monoisotopic (exact) mass is 236 g/mol. The van der Waals surface area contributed by atoms with Gasteiger partial charge in [-0.15, -0.1) is 0 Å². The summed E-state index contributed by atoms with van der Waals surface area (Å²) in [7, 11) is 0. The molecule has 3 heteroatoms. The largest absolute Gasteiger partial charge is 0.557 e. The summed E-state index contributed by atoms with van der Waals surface area (Å²) in [6, 6.07) is 0. The van der Waals surface area contributed by atoms with E-state index in [0.717, 1.165) is 12.3 Å². The van der Waals surface area contributed by atoms with Crippen molar-refractivity contribution >= 4 is 26.7 Å². The minimum absolute atomic E-state index is 0.435. The maximum atomic E-state index is 5.77. The van der Waals surface area contributed by atoms with Crippen molar-refractivity contribution in [2.75, 3.05) is 0 Å². The third-order valence-electron chi connectivity index (χ3n) is 1.61. The second-order valence-corrected chi connectivity index (χ2v) is 8.02. The first-order valence-corrected chi connectivity index (χ1v) is 8.82. The highest BCUT2D eigenvalue weighted by Gasteiger charge is 2.20. The van der Waals surface area contributed by atoms with E-state index in [9.17, 15) is 0 Å². The SMILES string of the molecule is CCC(C)[O][Al]([Br])[CH2]C(C)C. The molecule has 0 aliphatic rings. The van der Waals surface area contributed by atoms with Crippen molar-refractivity contribution in [3.63, 3.8) is 0 Å². The molecule has 0 aromatic heterocycles. The van der Waals surface area contributed by atoms with Gasteiger partial charge in [-0.1, -0.05) is 32.0 Å². The second kappa shape index (κ2) is 6.48. The van der Waals surface area contributed by atoms with Gasteiger partial charge in [0.1, 0.15) is 0 Å². The molecular formula is C8H18AlBrO. The van der Waals surface area contributed by atoms with Gasteiger partial charge in [0.15, 0.2) is 0 Å². The third kappa shape index (κ3) is 7.34. The zero-order valence-corrected chi connectivity index (χ0v) is 10.7. The molecule has 11 heavy (non-hydrogen) atoms. The van der Waals surface area contributed by atoms with Crippen LogP contribution in [-0.4, -0.2) is 18.8 Å². The standard InChI is InChI=1S/C4H9O.C4H9.Al.BrH/c1-3-4(2)5;1-4(2)3;;/h4H,3H2,1-2H3;4H,1H2,2-3H3;;1H/q-1;;+2;/p-1. The van der Waals surface area contributed by atoms with E-state index in [0.29, 0.717) is 6.10 Å². The van der Waals surface area contributed by atoms with Crippen LogP contribution in [0.1, 0.15) is 34.1 Å². The lowest BCUT2D eigenvalue weighted by atomic mass is 10.3. The maximum Gasteiger partial charge on any atom is 0.557 e. The van der Waals surface area contributed by atoms with Crippen molar-refractivity contribution in [3.05, 3.63) is 0 Å². The molecule has 0 rings (SSSR count). The Morgan fingerprint density at radius 1 is 1.36 bits per heavy atom. The van der Waals surface area contributed by atoms with Crippen LogP contribution < -0.4 is 0 Å². The van der Waals surface area contributed by atoms with Gasteiger partial charge in [0.05, 0.1) is 0 Å². The summed E-state index contributed by atoms with van der Waals surface area (Å²) in [6.45, 7) is 8.78. The van der Waals surface area contributed by atoms with Gasteiger partial charge in [0.2, 0.25) is 0 Å². The number of halogens is 1. The Kier molecular flexibility index (Phi) is 7.06. The molecule has 0 heterocycles. The highest BCUT2D eigenvalue weighted by atomic mass is 79.9. The molecule has 0 fully saturated rings. The van der Waals surface area contributed by atoms with Crippen LogP contribution in [0.15, 0.2) is 0 Å². The zero-order chi connectivity index (χ0) is 8.85. The molecule has 1 atom stereocenters. The van der Waals surface area contributed by atoms with Crippen molar-refractivity contribution in [1.29, 1.82) is 0 Å². The second-order valence-electron chi connectivity index (χ2n) is 3.39. The molecular weight excluding hydrogens is 219 g/mol. The fourth-order valence-electron chi connectivity index (χ4n) is 0.774. The molecule has 0 radical (unpaired) electrons. The van der Waals surface area contributed by atoms with E-state index in [1.165, 1.54) is 5.28 Å². The molecule has 0 aliphatic carbocycles. The predicted molar refractivity (Wildman–Crippen MR) is 55.2 cm³/mol. The lowest BCUT2D eigenvalue weighted by Gasteiger charge is -2.14. The Morgan fingerprint density at radius 3 is 2.27 bits per heavy atom. The van der Waals surface area contributed by atoms with E-state index in [2.05, 4.69) is 41.7 Å². The average Bonchev–Trinajstić information content (AvgIpc) is 1.85. The molecule has 0 aliphatic heterocycles. The molecule has 0 N–H and O–H groups in total. The summed E-state index contributed by atoms with van der Waals surface area (Å²) in [4.78, 5) is 0. The van der Waals surface area contributed by atoms with Gasteiger partial charge in [0, 0.05) is 6.10 Å². The molecule has 0 saturated heterocycles. The molecule has 66 valence electrons. The molecule has 0 aromatic rings. The first-order chi connectivity index (χ1) is 5.06. The van der Waals surface area contributed by atoms with Gasteiger partial charge in [-0.25, -0.2) is 0 Å². The van der Waals surface area contributed by atoms with E-state index in [1.807, 2.05) is 0 Å². The number of hydrogen-bond acceptors (Lipinski definition) is 1. The normalized spacial score (nSPS) is 13.6. The summed E-state index contributed by atoms with van der Waals surface area (Å²) < 4.78 is 5.77. The van der Waals surface area contributed by atoms with Gasteiger partial charge in [-0.05, 0) is 13.3 Å². The van der Waals surface area contributed by atoms with Crippen LogP contribution in [0.4, 0.5) is 0 Å². The van der Waals surface area contributed by atoms with Crippen molar-refractivity contribution < 1.29 is 3.79 Å². The molecule has 0 amide bonds. The Balaban J connectivity index is 3.43. The molecule has 1 nitrogen and oxygen atoms in total. The lowest BCUT2D eigenvalue weighted by Crippen LogP contribution is -2.19. The molecule has 0 saturated carbocycles. The third-order valence-corrected chi connectivity index (χ3v) is 5.45. The van der Waals surface area contributed by atoms with E-state index in [4.69, 9.17) is 3.79 Å². The van der Waals surface area contributed by atoms with Crippen molar-refractivity contribution in [2.45, 2.75) is 45.5 Å². The Hall–Kier alpha value is 0.972. The van der Waals surface area contributed by atoms with Gasteiger partial charge in [0.25, 0.3) is 0 Å². The van der Waals surface area contributed by atoms with E-state index in [1.54, 1.807) is 0 Å². The van der Waals surface area contributed by atoms with Crippen LogP contribution in [-0.2, 0) is 3.79 Å². The van der Waals surface area contributed by atoms with Crippen LogP contribution in [0.3, 0.4) is 0 Å². The minimum Gasteiger partial charge on any atom is -0.490 e. The van der Waals surface area contributed by atoms with Crippen molar-refractivity contribution in [2.24, 2.45) is 5.92 Å². The van der Waals surface area contributed by atoms with Crippen LogP contribution in [0.25, 0.3) is 0 Å². The molecule has 0 spiro atoms. The lowest BCUT2D eigenvalue weighted by molar-refractivity contribution is 0.224. The molecule has 1 unspecified atom stereocenters. The van der Waals surface area contributed by atoms with Crippen molar-refractivity contribution in [3.8, 4) is 0 Å². The van der Waals surface area contributed by atoms with Crippen LogP contribution in [0.5, 0.6) is 0 Å². The summed E-state index contributed by atoms with van der Waals surface area (Å²) in [6.07, 6.45) is 1.55. The van der Waals surface area contributed by atoms with Crippen molar-refractivity contribution in [1.82, 2.24) is 0 Å². The first kappa shape index (κ1) is 12.0. The van der Waals surface area contributed by atoms with Gasteiger partial charge < -0.3 is 3.79 Å². The maximum absolute atomic E-state index is 5.77. The Bertz CT molecular complexity index is 98.1. The molecule has 0 aromatic carbocycles. The fraction of sp³-hybridized carbons (Fsp3) is 1.00. The van der Waals surface area contributed by atoms with E-state index in [-0.39, 0.29) is 0 Å². The fourth-order valence-corrected chi connectivity index (χ4v) is 5.67. The van der Waals surface area contributed by atoms with Gasteiger partial charge in [-0.2, -0.15) is 14.1 Å². The van der Waals surface area contributed by atoms with Crippen LogP contribution in [0.2, 0.25) is 5.28 Å². The van der Waals surface area contributed by atoms with Gasteiger partial charge in [-0.3, -0.25) is 0 Å². The summed E-state index contributed by atoms with van der Waals surface area (Å²) in [5.74, 6) is 0.759. The first-order valence-electron chi connectivity index (χ1n) is 4.35. The highest BCUT2D eigenvalue weighted by molar-refractivity contribution is 9.24. The van der Waals surface area contributed by atoms with Gasteiger partial charge >= 0.3 is 12.7 Å². The summed E-state index contributed by atoms with van der Waals surface area (Å²) in [5, 5.41) is 1.23. The predicted octanol–water partition coefficient (Wildman–Crippen LogP) is 3.34. The number of hydrogen-bond donors (Lipinski definition) is 0. The summed E-state index contributed by atoms with van der Waals surface area (Å²) >= 11 is 2.61. The van der Waals surface area contributed by atoms with Crippen LogP contribution >= 0.6 is 14.1 Å². The average molecular weight is 237 g/mol. The number of rotatable bonds is 5. The highest BCUT2D eigenvalue weighted by Crippen LogP contribution is 2.14. The molecule has 0 bridgehead atoms. The smallest absolute Gasteiger partial charge is 0.490 e. The topological polar surface area (TPSA) is 9.23 Å². The zero-order valence-electron chi connectivity index (χ0n) is 7.93. The van der Waals surface area contributed by atoms with E-state index >= 15 is 0 Å². The minimum atomic E-state index is -1.02. The quantitative estimate of drug-likeness (QED) is 0.666. The Morgan fingerprint density at radius 2 is 1.91 bits per heavy atom. The Labute approximate surface area is 81.9 Å². The van der Waals surface area contributed by atoms with Crippen LogP contribution in [0, 0.1) is 5.92 Å². The summed E-state index contributed by atoms with van der Waals surface area (Å²) in [5.41, 5.74) is 0.